The van der Waals surface area contributed by atoms with E-state index in [0.717, 1.165) is 17.9 Å². The van der Waals surface area contributed by atoms with Crippen LogP contribution in [-0.2, 0) is 11.4 Å². The van der Waals surface area contributed by atoms with E-state index < -0.39 is 0 Å². The summed E-state index contributed by atoms with van der Waals surface area (Å²) in [4.78, 5) is 12.0. The van der Waals surface area contributed by atoms with Crippen molar-refractivity contribution in [1.29, 1.82) is 0 Å². The Hall–Kier alpha value is -2.02. The molecule has 0 atom stereocenters. The third-order valence-electron chi connectivity index (χ3n) is 4.44. The number of carbonyl (C=O) groups excluding carboxylic acids is 1. The molecule has 1 fully saturated rings. The van der Waals surface area contributed by atoms with Crippen molar-refractivity contribution in [1.82, 2.24) is 15.5 Å². The lowest BCUT2D eigenvalue weighted by atomic mass is 9.89. The number of thioether (sulfide) groups is 1. The first-order valence-corrected chi connectivity index (χ1v) is 10.1. The van der Waals surface area contributed by atoms with Crippen molar-refractivity contribution in [3.63, 3.8) is 0 Å². The summed E-state index contributed by atoms with van der Waals surface area (Å²) in [6.45, 7) is 3.00. The zero-order valence-electron chi connectivity index (χ0n) is 15.1. The van der Waals surface area contributed by atoms with Crippen molar-refractivity contribution >= 4 is 17.7 Å². The molecular weight excluding hydrogens is 350 g/mol. The van der Waals surface area contributed by atoms with E-state index in [1.807, 2.05) is 31.2 Å². The minimum atomic E-state index is 0.0105. The van der Waals surface area contributed by atoms with Gasteiger partial charge in [0.05, 0.1) is 5.75 Å². The molecule has 1 aromatic heterocycles. The Balaban J connectivity index is 1.37. The Morgan fingerprint density at radius 1 is 1.31 bits per heavy atom. The normalized spacial score (nSPS) is 15.0. The molecule has 1 aliphatic carbocycles. The molecule has 1 N–H and O–H groups in total. The number of aromatic nitrogens is 2. The first kappa shape index (κ1) is 18.8. The quantitative estimate of drug-likeness (QED) is 0.708. The van der Waals surface area contributed by atoms with Gasteiger partial charge in [0.25, 0.3) is 11.1 Å². The molecule has 2 aromatic rings. The summed E-state index contributed by atoms with van der Waals surface area (Å²) in [5.74, 6) is 2.09. The molecule has 0 spiro atoms. The molecule has 3 rings (SSSR count). The average molecular weight is 375 g/mol. The van der Waals surface area contributed by atoms with Crippen LogP contribution < -0.4 is 10.1 Å². The highest BCUT2D eigenvalue weighted by Gasteiger charge is 2.15. The predicted molar refractivity (Wildman–Crippen MR) is 100 cm³/mol. The Labute approximate surface area is 158 Å². The van der Waals surface area contributed by atoms with Gasteiger partial charge in [-0.05, 0) is 43.4 Å². The molecule has 1 aliphatic rings. The lowest BCUT2D eigenvalue weighted by Crippen LogP contribution is -2.31. The van der Waals surface area contributed by atoms with Crippen LogP contribution in [0.25, 0.3) is 0 Å². The van der Waals surface area contributed by atoms with Crippen LogP contribution in [0.4, 0.5) is 0 Å². The second-order valence-corrected chi connectivity index (χ2v) is 7.59. The largest absolute Gasteiger partial charge is 0.484 e. The summed E-state index contributed by atoms with van der Waals surface area (Å²) in [5, 5.41) is 11.3. The topological polar surface area (TPSA) is 77.2 Å². The smallest absolute Gasteiger partial charge is 0.277 e. The number of hydrogen-bond donors (Lipinski definition) is 1. The predicted octanol–water partition coefficient (Wildman–Crippen LogP) is 3.75. The Kier molecular flexibility index (Phi) is 6.94. The lowest BCUT2D eigenvalue weighted by molar-refractivity contribution is -0.118. The van der Waals surface area contributed by atoms with E-state index in [2.05, 4.69) is 15.5 Å². The van der Waals surface area contributed by atoms with E-state index in [0.29, 0.717) is 17.0 Å². The van der Waals surface area contributed by atoms with Crippen LogP contribution in [0.2, 0.25) is 0 Å². The molecule has 140 valence electrons. The molecule has 0 aliphatic heterocycles. The molecule has 1 amide bonds. The molecule has 0 saturated heterocycles. The highest BCUT2D eigenvalue weighted by molar-refractivity contribution is 7.99. The summed E-state index contributed by atoms with van der Waals surface area (Å²) >= 11 is 1.25. The number of rotatable bonds is 8. The van der Waals surface area contributed by atoms with Gasteiger partial charge in [0, 0.05) is 6.54 Å². The maximum atomic E-state index is 12.0. The zero-order chi connectivity index (χ0) is 18.2. The lowest BCUT2D eigenvalue weighted by Gasteiger charge is -2.21. The van der Waals surface area contributed by atoms with Gasteiger partial charge in [-0.3, -0.25) is 4.79 Å². The second-order valence-electron chi connectivity index (χ2n) is 6.66. The first-order valence-electron chi connectivity index (χ1n) is 9.10. The van der Waals surface area contributed by atoms with Crippen LogP contribution in [-0.4, -0.2) is 28.4 Å². The van der Waals surface area contributed by atoms with Crippen molar-refractivity contribution in [3.8, 4) is 5.75 Å². The molecule has 0 radical (unpaired) electrons. The molecule has 0 unspecified atom stereocenters. The molecule has 0 bridgehead atoms. The highest BCUT2D eigenvalue weighted by Crippen LogP contribution is 2.23. The summed E-state index contributed by atoms with van der Waals surface area (Å²) in [6, 6.07) is 7.78. The number of benzene rings is 1. The fraction of sp³-hybridized carbons (Fsp3) is 0.526. The number of ether oxygens (including phenoxy) is 1. The highest BCUT2D eigenvalue weighted by atomic mass is 32.2. The summed E-state index contributed by atoms with van der Waals surface area (Å²) in [7, 11) is 0. The van der Waals surface area contributed by atoms with Gasteiger partial charge in [0.15, 0.2) is 6.61 Å². The van der Waals surface area contributed by atoms with E-state index in [4.69, 9.17) is 9.15 Å². The van der Waals surface area contributed by atoms with Gasteiger partial charge in [-0.2, -0.15) is 0 Å². The van der Waals surface area contributed by atoms with E-state index >= 15 is 0 Å². The van der Waals surface area contributed by atoms with Crippen LogP contribution in [0.3, 0.4) is 0 Å². The van der Waals surface area contributed by atoms with E-state index in [1.54, 1.807) is 0 Å². The zero-order valence-corrected chi connectivity index (χ0v) is 15.9. The standard InChI is InChI=1S/C19H25N3O3S/c1-14-6-5-9-16(10-14)24-12-18-21-22-19(25-18)26-13-17(23)20-11-15-7-3-2-4-8-15/h5-6,9-10,15H,2-4,7-8,11-13H2,1H3,(H,20,23). The second kappa shape index (κ2) is 9.62. The maximum Gasteiger partial charge on any atom is 0.277 e. The molecule has 1 heterocycles. The Morgan fingerprint density at radius 2 is 2.15 bits per heavy atom. The minimum Gasteiger partial charge on any atom is -0.484 e. The first-order chi connectivity index (χ1) is 12.7. The molecule has 1 saturated carbocycles. The van der Waals surface area contributed by atoms with Gasteiger partial charge in [0.2, 0.25) is 5.91 Å². The van der Waals surface area contributed by atoms with Gasteiger partial charge in [0.1, 0.15) is 5.75 Å². The fourth-order valence-corrected chi connectivity index (χ4v) is 3.64. The molecular formula is C19H25N3O3S. The monoisotopic (exact) mass is 375 g/mol. The van der Waals surface area contributed by atoms with Crippen molar-refractivity contribution in [3.05, 3.63) is 35.7 Å². The Bertz CT molecular complexity index is 714. The van der Waals surface area contributed by atoms with E-state index in [9.17, 15) is 4.79 Å². The van der Waals surface area contributed by atoms with Gasteiger partial charge in [-0.1, -0.05) is 43.2 Å². The van der Waals surface area contributed by atoms with Crippen LogP contribution in [0.5, 0.6) is 5.75 Å². The van der Waals surface area contributed by atoms with Crippen LogP contribution in [0, 0.1) is 12.8 Å². The third-order valence-corrected chi connectivity index (χ3v) is 5.26. The average Bonchev–Trinajstić information content (AvgIpc) is 3.12. The summed E-state index contributed by atoms with van der Waals surface area (Å²) in [5.41, 5.74) is 1.13. The SMILES string of the molecule is Cc1cccc(OCc2nnc(SCC(=O)NCC3CCCCC3)o2)c1. The van der Waals surface area contributed by atoms with Crippen molar-refractivity contribution in [2.24, 2.45) is 5.92 Å². The van der Waals surface area contributed by atoms with E-state index in [-0.39, 0.29) is 18.3 Å². The van der Waals surface area contributed by atoms with Gasteiger partial charge < -0.3 is 14.5 Å². The van der Waals surface area contributed by atoms with Crippen LogP contribution in [0.1, 0.15) is 43.6 Å². The minimum absolute atomic E-state index is 0.0105. The van der Waals surface area contributed by atoms with E-state index in [1.165, 1.54) is 43.9 Å². The van der Waals surface area contributed by atoms with Crippen molar-refractivity contribution in [2.45, 2.75) is 50.9 Å². The summed E-state index contributed by atoms with van der Waals surface area (Å²) in [6.07, 6.45) is 6.34. The summed E-state index contributed by atoms with van der Waals surface area (Å²) < 4.78 is 11.1. The number of aryl methyl sites for hydroxylation is 1. The molecule has 6 nitrogen and oxygen atoms in total. The maximum absolute atomic E-state index is 12.0. The van der Waals surface area contributed by atoms with Crippen LogP contribution in [0.15, 0.2) is 33.9 Å². The molecule has 7 heteroatoms. The van der Waals surface area contributed by atoms with Gasteiger partial charge in [-0.15, -0.1) is 10.2 Å². The molecule has 1 aromatic carbocycles. The number of hydrogen-bond acceptors (Lipinski definition) is 6. The number of nitrogens with one attached hydrogen (secondary N) is 1. The third kappa shape index (κ3) is 6.05. The van der Waals surface area contributed by atoms with Crippen LogP contribution >= 0.6 is 11.8 Å². The number of amides is 1. The van der Waals surface area contributed by atoms with Gasteiger partial charge >= 0.3 is 0 Å². The Morgan fingerprint density at radius 3 is 2.96 bits per heavy atom. The fourth-order valence-electron chi connectivity index (χ4n) is 3.03. The van der Waals surface area contributed by atoms with Gasteiger partial charge in [-0.25, -0.2) is 0 Å². The number of carbonyl (C=O) groups is 1. The van der Waals surface area contributed by atoms with Crippen molar-refractivity contribution < 1.29 is 13.9 Å². The van der Waals surface area contributed by atoms with Crippen molar-refractivity contribution in [2.75, 3.05) is 12.3 Å². The number of nitrogens with zero attached hydrogens (tertiary/aromatic N) is 2. The molecule has 26 heavy (non-hydrogen) atoms.